The zero-order valence-electron chi connectivity index (χ0n) is 17.1. The highest BCUT2D eigenvalue weighted by atomic mass is 19.1. The molecule has 4 aromatic rings. The van der Waals surface area contributed by atoms with Gasteiger partial charge in [-0.1, -0.05) is 17.3 Å². The van der Waals surface area contributed by atoms with Crippen LogP contribution in [0.25, 0.3) is 22.4 Å². The minimum atomic E-state index is -0.360. The Morgan fingerprint density at radius 3 is 2.25 bits per heavy atom. The molecule has 0 atom stereocenters. The number of rotatable bonds is 6. The quantitative estimate of drug-likeness (QED) is 0.463. The number of pyridine rings is 1. The molecule has 0 radical (unpaired) electrons. The van der Waals surface area contributed by atoms with Crippen molar-refractivity contribution in [1.29, 1.82) is 0 Å². The first-order valence-electron chi connectivity index (χ1n) is 9.82. The zero-order valence-corrected chi connectivity index (χ0v) is 17.1. The molecule has 7 nitrogen and oxygen atoms in total. The molecule has 32 heavy (non-hydrogen) atoms. The summed E-state index contributed by atoms with van der Waals surface area (Å²) in [6.07, 6.45) is 3.35. The largest absolute Gasteiger partial charge is 0.337 e. The maximum atomic E-state index is 13.4. The van der Waals surface area contributed by atoms with Crippen LogP contribution in [0, 0.1) is 5.82 Å². The Kier molecular flexibility index (Phi) is 6.03. The van der Waals surface area contributed by atoms with Crippen molar-refractivity contribution in [3.8, 4) is 22.4 Å². The van der Waals surface area contributed by atoms with E-state index in [4.69, 9.17) is 4.52 Å². The molecule has 2 heterocycles. The lowest BCUT2D eigenvalue weighted by Crippen LogP contribution is -2.14. The molecule has 160 valence electrons. The van der Waals surface area contributed by atoms with E-state index in [1.165, 1.54) is 19.1 Å². The Bertz CT molecular complexity index is 1240. The zero-order chi connectivity index (χ0) is 22.5. The van der Waals surface area contributed by atoms with Crippen LogP contribution in [-0.2, 0) is 16.0 Å². The Hall–Kier alpha value is -4.33. The molecule has 2 aromatic heterocycles. The van der Waals surface area contributed by atoms with Gasteiger partial charge in [-0.15, -0.1) is 0 Å². The van der Waals surface area contributed by atoms with Gasteiger partial charge in [-0.2, -0.15) is 0 Å². The number of hydrogen-bond donors (Lipinski definition) is 2. The molecule has 0 saturated carbocycles. The van der Waals surface area contributed by atoms with Crippen LogP contribution in [0.1, 0.15) is 12.5 Å². The number of carbonyl (C=O) groups is 2. The molecule has 0 unspecified atom stereocenters. The predicted octanol–water partition coefficient (Wildman–Crippen LogP) is 4.68. The molecule has 2 amide bonds. The molecule has 8 heteroatoms. The molecule has 0 saturated heterocycles. The average molecular weight is 430 g/mol. The molecule has 2 aromatic carbocycles. The summed E-state index contributed by atoms with van der Waals surface area (Å²) in [5, 5.41) is 9.57. The number of carbonyl (C=O) groups excluding carboxylic acids is 2. The van der Waals surface area contributed by atoms with E-state index in [0.29, 0.717) is 22.5 Å². The maximum absolute atomic E-state index is 13.4. The van der Waals surface area contributed by atoms with E-state index in [0.717, 1.165) is 11.1 Å². The van der Waals surface area contributed by atoms with E-state index in [1.54, 1.807) is 60.9 Å². The van der Waals surface area contributed by atoms with E-state index in [1.807, 2.05) is 0 Å². The number of halogens is 1. The van der Waals surface area contributed by atoms with Crippen molar-refractivity contribution in [3.63, 3.8) is 0 Å². The fraction of sp³-hybridized carbons (Fsp3) is 0.0833. The summed E-state index contributed by atoms with van der Waals surface area (Å²) in [5.74, 6) is -0.632. The highest BCUT2D eigenvalue weighted by Gasteiger charge is 2.21. The van der Waals surface area contributed by atoms with Crippen molar-refractivity contribution < 1.29 is 18.5 Å². The topological polar surface area (TPSA) is 97.1 Å². The van der Waals surface area contributed by atoms with Gasteiger partial charge < -0.3 is 9.84 Å². The number of aromatic nitrogens is 2. The standard InChI is InChI=1S/C24H19FN4O3/c1-15(30)27-20-8-2-16(3-9-20)14-21(31)28-24-22(17-10-12-26-13-11-17)23(29-32-24)18-4-6-19(25)7-5-18/h2-13H,14H2,1H3,(H,27,30)(H,28,31). The fourth-order valence-corrected chi connectivity index (χ4v) is 3.23. The Morgan fingerprint density at radius 1 is 0.906 bits per heavy atom. The highest BCUT2D eigenvalue weighted by Crippen LogP contribution is 2.37. The van der Waals surface area contributed by atoms with Crippen LogP contribution in [0.15, 0.2) is 77.6 Å². The first-order valence-corrected chi connectivity index (χ1v) is 9.82. The van der Waals surface area contributed by atoms with Crippen molar-refractivity contribution in [2.45, 2.75) is 13.3 Å². The van der Waals surface area contributed by atoms with Crippen LogP contribution < -0.4 is 10.6 Å². The maximum Gasteiger partial charge on any atom is 0.239 e. The van der Waals surface area contributed by atoms with E-state index in [9.17, 15) is 14.0 Å². The number of nitrogens with one attached hydrogen (secondary N) is 2. The van der Waals surface area contributed by atoms with Crippen LogP contribution in [0.3, 0.4) is 0 Å². The third-order valence-corrected chi connectivity index (χ3v) is 4.67. The van der Waals surface area contributed by atoms with Crippen LogP contribution >= 0.6 is 0 Å². The normalized spacial score (nSPS) is 10.6. The van der Waals surface area contributed by atoms with Gasteiger partial charge in [-0.05, 0) is 59.7 Å². The van der Waals surface area contributed by atoms with Gasteiger partial charge in [0.05, 0.1) is 12.0 Å². The summed E-state index contributed by atoms with van der Waals surface area (Å²) in [6, 6.07) is 16.4. The molecule has 0 aliphatic heterocycles. The first-order chi connectivity index (χ1) is 15.5. The molecular weight excluding hydrogens is 411 g/mol. The molecular formula is C24H19FN4O3. The summed E-state index contributed by atoms with van der Waals surface area (Å²) in [6.45, 7) is 1.43. The Morgan fingerprint density at radius 2 is 1.59 bits per heavy atom. The van der Waals surface area contributed by atoms with E-state index >= 15 is 0 Å². The third kappa shape index (κ3) is 4.86. The Balaban J connectivity index is 1.58. The molecule has 4 rings (SSSR count). The van der Waals surface area contributed by atoms with Crippen molar-refractivity contribution in [2.24, 2.45) is 0 Å². The molecule has 0 aliphatic rings. The SMILES string of the molecule is CC(=O)Nc1ccc(CC(=O)Nc2onc(-c3ccc(F)cc3)c2-c2ccncc2)cc1. The van der Waals surface area contributed by atoms with Gasteiger partial charge in [0.1, 0.15) is 11.5 Å². The summed E-state index contributed by atoms with van der Waals surface area (Å²) in [5.41, 5.74) is 3.87. The lowest BCUT2D eigenvalue weighted by atomic mass is 10.0. The Labute approximate surface area is 183 Å². The van der Waals surface area contributed by atoms with Crippen molar-refractivity contribution in [1.82, 2.24) is 10.1 Å². The van der Waals surface area contributed by atoms with Gasteiger partial charge in [0, 0.05) is 30.6 Å². The van der Waals surface area contributed by atoms with Gasteiger partial charge in [-0.3, -0.25) is 19.9 Å². The van der Waals surface area contributed by atoms with Gasteiger partial charge in [0.15, 0.2) is 0 Å². The summed E-state index contributed by atoms with van der Waals surface area (Å²) in [7, 11) is 0. The van der Waals surface area contributed by atoms with Gasteiger partial charge >= 0.3 is 0 Å². The number of hydrogen-bond acceptors (Lipinski definition) is 5. The molecule has 2 N–H and O–H groups in total. The van der Waals surface area contributed by atoms with Crippen LogP contribution in [0.4, 0.5) is 16.0 Å². The minimum Gasteiger partial charge on any atom is -0.337 e. The average Bonchev–Trinajstić information content (AvgIpc) is 3.19. The minimum absolute atomic E-state index is 0.0999. The number of benzene rings is 2. The van der Waals surface area contributed by atoms with Crippen LogP contribution in [-0.4, -0.2) is 22.0 Å². The second-order valence-corrected chi connectivity index (χ2v) is 7.08. The predicted molar refractivity (Wildman–Crippen MR) is 118 cm³/mol. The van der Waals surface area contributed by atoms with E-state index < -0.39 is 0 Å². The molecule has 0 bridgehead atoms. The smallest absolute Gasteiger partial charge is 0.239 e. The second-order valence-electron chi connectivity index (χ2n) is 7.08. The summed E-state index contributed by atoms with van der Waals surface area (Å²) >= 11 is 0. The van der Waals surface area contributed by atoms with Crippen molar-refractivity contribution >= 4 is 23.4 Å². The monoisotopic (exact) mass is 430 g/mol. The molecule has 0 aliphatic carbocycles. The third-order valence-electron chi connectivity index (χ3n) is 4.67. The number of amides is 2. The van der Waals surface area contributed by atoms with E-state index in [2.05, 4.69) is 20.8 Å². The van der Waals surface area contributed by atoms with Crippen LogP contribution in [0.2, 0.25) is 0 Å². The fourth-order valence-electron chi connectivity index (χ4n) is 3.23. The second kappa shape index (κ2) is 9.22. The van der Waals surface area contributed by atoms with Gasteiger partial charge in [-0.25, -0.2) is 4.39 Å². The lowest BCUT2D eigenvalue weighted by molar-refractivity contribution is -0.116. The number of nitrogens with zero attached hydrogens (tertiary/aromatic N) is 2. The highest BCUT2D eigenvalue weighted by molar-refractivity contribution is 5.98. The van der Waals surface area contributed by atoms with Gasteiger partial charge in [0.25, 0.3) is 0 Å². The summed E-state index contributed by atoms with van der Waals surface area (Å²) < 4.78 is 18.8. The molecule has 0 spiro atoms. The van der Waals surface area contributed by atoms with Crippen molar-refractivity contribution in [3.05, 3.63) is 84.4 Å². The summed E-state index contributed by atoms with van der Waals surface area (Å²) in [4.78, 5) is 27.8. The number of anilines is 2. The molecule has 0 fully saturated rings. The van der Waals surface area contributed by atoms with Gasteiger partial charge in [0.2, 0.25) is 17.7 Å². The van der Waals surface area contributed by atoms with Crippen molar-refractivity contribution in [2.75, 3.05) is 10.6 Å². The first kappa shape index (κ1) is 20.9. The van der Waals surface area contributed by atoms with Crippen LogP contribution in [0.5, 0.6) is 0 Å². The van der Waals surface area contributed by atoms with E-state index in [-0.39, 0.29) is 29.9 Å². The lowest BCUT2D eigenvalue weighted by Gasteiger charge is -2.07.